The molecule has 0 bridgehead atoms. The van der Waals surface area contributed by atoms with Gasteiger partial charge >= 0.3 is 5.97 Å². The van der Waals surface area contributed by atoms with Crippen molar-refractivity contribution in [2.75, 3.05) is 16.8 Å². The predicted molar refractivity (Wildman–Crippen MR) is 105 cm³/mol. The van der Waals surface area contributed by atoms with Gasteiger partial charge in [-0.05, 0) is 49.4 Å². The van der Waals surface area contributed by atoms with Gasteiger partial charge in [0.15, 0.2) is 9.84 Å². The number of aromatic carboxylic acids is 1. The SMILES string of the molecule is Cc1cc(C)c(C(=O)O)cc1NC(=O)CS(=O)(=O)CCCc1ccccc1. The Hall–Kier alpha value is -2.67. The highest BCUT2D eigenvalue weighted by Gasteiger charge is 2.18. The van der Waals surface area contributed by atoms with E-state index in [0.717, 1.165) is 5.56 Å². The van der Waals surface area contributed by atoms with Gasteiger partial charge in [0.2, 0.25) is 5.91 Å². The average molecular weight is 389 g/mol. The second kappa shape index (κ2) is 8.81. The monoisotopic (exact) mass is 389 g/mol. The van der Waals surface area contributed by atoms with Crippen molar-refractivity contribution in [3.63, 3.8) is 0 Å². The Morgan fingerprint density at radius 1 is 1.04 bits per heavy atom. The van der Waals surface area contributed by atoms with Crippen molar-refractivity contribution in [3.05, 3.63) is 64.7 Å². The van der Waals surface area contributed by atoms with Gasteiger partial charge in [0.05, 0.1) is 11.3 Å². The molecule has 0 atom stereocenters. The molecule has 144 valence electrons. The zero-order valence-electron chi connectivity index (χ0n) is 15.4. The highest BCUT2D eigenvalue weighted by molar-refractivity contribution is 7.92. The molecule has 2 N–H and O–H groups in total. The van der Waals surface area contributed by atoms with Gasteiger partial charge in [0.25, 0.3) is 0 Å². The molecule has 2 aromatic carbocycles. The third-order valence-corrected chi connectivity index (χ3v) is 5.80. The van der Waals surface area contributed by atoms with Crippen molar-refractivity contribution >= 4 is 27.4 Å². The summed E-state index contributed by atoms with van der Waals surface area (Å²) in [6, 6.07) is 12.5. The number of carbonyl (C=O) groups excluding carboxylic acids is 1. The van der Waals surface area contributed by atoms with Crippen molar-refractivity contribution in [2.24, 2.45) is 0 Å². The van der Waals surface area contributed by atoms with Crippen LogP contribution in [0.4, 0.5) is 5.69 Å². The molecular weight excluding hydrogens is 366 g/mol. The van der Waals surface area contributed by atoms with Crippen LogP contribution in [0.2, 0.25) is 0 Å². The first-order chi connectivity index (χ1) is 12.7. The van der Waals surface area contributed by atoms with Crippen molar-refractivity contribution in [1.29, 1.82) is 0 Å². The summed E-state index contributed by atoms with van der Waals surface area (Å²) in [5.41, 5.74) is 2.68. The number of amides is 1. The fourth-order valence-corrected chi connectivity index (χ4v) is 4.02. The first-order valence-electron chi connectivity index (χ1n) is 8.57. The zero-order chi connectivity index (χ0) is 20.0. The lowest BCUT2D eigenvalue weighted by Crippen LogP contribution is -2.25. The lowest BCUT2D eigenvalue weighted by molar-refractivity contribution is -0.113. The summed E-state index contributed by atoms with van der Waals surface area (Å²) in [6.07, 6.45) is 1.06. The molecule has 1 amide bonds. The zero-order valence-corrected chi connectivity index (χ0v) is 16.2. The number of benzene rings is 2. The van der Waals surface area contributed by atoms with Crippen molar-refractivity contribution < 1.29 is 23.1 Å². The average Bonchev–Trinajstić information content (AvgIpc) is 2.57. The van der Waals surface area contributed by atoms with Crippen LogP contribution in [0.1, 0.15) is 33.5 Å². The molecule has 6 nitrogen and oxygen atoms in total. The quantitative estimate of drug-likeness (QED) is 0.723. The lowest BCUT2D eigenvalue weighted by Gasteiger charge is -2.12. The number of carboxylic acids is 1. The molecule has 0 unspecified atom stereocenters. The summed E-state index contributed by atoms with van der Waals surface area (Å²) in [5.74, 6) is -2.48. The van der Waals surface area contributed by atoms with Crippen LogP contribution in [-0.4, -0.2) is 36.9 Å². The van der Waals surface area contributed by atoms with Gasteiger partial charge in [0.1, 0.15) is 5.75 Å². The smallest absolute Gasteiger partial charge is 0.336 e. The van der Waals surface area contributed by atoms with E-state index in [-0.39, 0.29) is 11.3 Å². The van der Waals surface area contributed by atoms with Crippen molar-refractivity contribution in [3.8, 4) is 0 Å². The summed E-state index contributed by atoms with van der Waals surface area (Å²) in [7, 11) is -3.55. The summed E-state index contributed by atoms with van der Waals surface area (Å²) in [6.45, 7) is 3.39. The molecule has 0 saturated carbocycles. The van der Waals surface area contributed by atoms with Crippen LogP contribution in [0.5, 0.6) is 0 Å². The maximum atomic E-state index is 12.2. The van der Waals surface area contributed by atoms with Crippen LogP contribution >= 0.6 is 0 Å². The van der Waals surface area contributed by atoms with Gasteiger partial charge in [-0.15, -0.1) is 0 Å². The summed E-state index contributed by atoms with van der Waals surface area (Å²) >= 11 is 0. The Labute approximate surface area is 159 Å². The maximum absolute atomic E-state index is 12.2. The third kappa shape index (κ3) is 6.21. The number of hydrogen-bond acceptors (Lipinski definition) is 4. The minimum Gasteiger partial charge on any atom is -0.478 e. The molecule has 0 spiro atoms. The van der Waals surface area contributed by atoms with Crippen LogP contribution in [0.15, 0.2) is 42.5 Å². The first-order valence-corrected chi connectivity index (χ1v) is 10.4. The molecule has 2 rings (SSSR count). The van der Waals surface area contributed by atoms with Crippen LogP contribution in [0.3, 0.4) is 0 Å². The van der Waals surface area contributed by atoms with Gasteiger partial charge in [0, 0.05) is 5.69 Å². The van der Waals surface area contributed by atoms with E-state index in [1.165, 1.54) is 6.07 Å². The van der Waals surface area contributed by atoms with Crippen LogP contribution < -0.4 is 5.32 Å². The van der Waals surface area contributed by atoms with E-state index in [4.69, 9.17) is 0 Å². The van der Waals surface area contributed by atoms with E-state index in [1.807, 2.05) is 30.3 Å². The minimum absolute atomic E-state index is 0.0709. The van der Waals surface area contributed by atoms with E-state index >= 15 is 0 Å². The summed E-state index contributed by atoms with van der Waals surface area (Å²) in [4.78, 5) is 23.4. The normalized spacial score (nSPS) is 11.2. The second-order valence-corrected chi connectivity index (χ2v) is 8.70. The number of rotatable bonds is 8. The fraction of sp³-hybridized carbons (Fsp3) is 0.300. The van der Waals surface area contributed by atoms with Gasteiger partial charge in [-0.25, -0.2) is 13.2 Å². The number of hydrogen-bond donors (Lipinski definition) is 2. The van der Waals surface area contributed by atoms with Crippen molar-refractivity contribution in [2.45, 2.75) is 26.7 Å². The fourth-order valence-electron chi connectivity index (χ4n) is 2.82. The molecule has 0 aliphatic carbocycles. The number of aryl methyl sites for hydroxylation is 3. The molecule has 0 heterocycles. The van der Waals surface area contributed by atoms with Crippen molar-refractivity contribution in [1.82, 2.24) is 0 Å². The Bertz CT molecular complexity index is 936. The Kier molecular flexibility index (Phi) is 6.74. The van der Waals surface area contributed by atoms with Gasteiger partial charge in [-0.1, -0.05) is 36.4 Å². The Morgan fingerprint density at radius 3 is 2.33 bits per heavy atom. The largest absolute Gasteiger partial charge is 0.478 e. The molecule has 0 aliphatic rings. The number of sulfone groups is 1. The standard InChI is InChI=1S/C20H23NO5S/c1-14-11-15(2)18(12-17(14)20(23)24)21-19(22)13-27(25,26)10-6-9-16-7-4-3-5-8-16/h3-5,7-8,11-12H,6,9-10,13H2,1-2H3,(H,21,22)(H,23,24). The summed E-state index contributed by atoms with van der Waals surface area (Å²) < 4.78 is 24.4. The molecule has 0 aliphatic heterocycles. The molecule has 2 aromatic rings. The highest BCUT2D eigenvalue weighted by Crippen LogP contribution is 2.21. The number of anilines is 1. The second-order valence-electron chi connectivity index (χ2n) is 6.52. The molecular formula is C20H23NO5S. The van der Waals surface area contributed by atoms with Gasteiger partial charge in [-0.3, -0.25) is 4.79 Å². The first kappa shape index (κ1) is 20.6. The summed E-state index contributed by atoms with van der Waals surface area (Å²) in [5, 5.41) is 11.7. The topological polar surface area (TPSA) is 101 Å². The molecule has 0 aromatic heterocycles. The minimum atomic E-state index is -3.55. The van der Waals surface area contributed by atoms with E-state index < -0.39 is 27.5 Å². The van der Waals surface area contributed by atoms with E-state index in [0.29, 0.717) is 29.7 Å². The van der Waals surface area contributed by atoms with Crippen LogP contribution in [0, 0.1) is 13.8 Å². The van der Waals surface area contributed by atoms with Crippen LogP contribution in [0.25, 0.3) is 0 Å². The Balaban J connectivity index is 1.96. The van der Waals surface area contributed by atoms with Gasteiger partial charge in [-0.2, -0.15) is 0 Å². The number of carbonyl (C=O) groups is 2. The molecule has 27 heavy (non-hydrogen) atoms. The highest BCUT2D eigenvalue weighted by atomic mass is 32.2. The Morgan fingerprint density at radius 2 is 1.70 bits per heavy atom. The lowest BCUT2D eigenvalue weighted by atomic mass is 10.0. The maximum Gasteiger partial charge on any atom is 0.336 e. The van der Waals surface area contributed by atoms with Crippen LogP contribution in [-0.2, 0) is 21.1 Å². The molecule has 0 saturated heterocycles. The van der Waals surface area contributed by atoms with E-state index in [2.05, 4.69) is 5.32 Å². The molecule has 0 radical (unpaired) electrons. The van der Waals surface area contributed by atoms with E-state index in [9.17, 15) is 23.1 Å². The number of carboxylic acid groups (broad SMARTS) is 1. The van der Waals surface area contributed by atoms with Gasteiger partial charge < -0.3 is 10.4 Å². The predicted octanol–water partition coefficient (Wildman–Crippen LogP) is 2.99. The number of nitrogens with one attached hydrogen (secondary N) is 1. The van der Waals surface area contributed by atoms with E-state index in [1.54, 1.807) is 19.9 Å². The molecule has 7 heteroatoms. The third-order valence-electron chi connectivity index (χ3n) is 4.19. The molecule has 0 fully saturated rings.